The van der Waals surface area contributed by atoms with Crippen LogP contribution < -0.4 is 0 Å². The molecule has 3 heterocycles. The van der Waals surface area contributed by atoms with Gasteiger partial charge in [0.2, 0.25) is 0 Å². The molecule has 3 aliphatic heterocycles. The van der Waals surface area contributed by atoms with E-state index in [0.717, 1.165) is 0 Å². The van der Waals surface area contributed by atoms with Gasteiger partial charge in [-0.1, -0.05) is 0 Å². The first-order chi connectivity index (χ1) is 18.5. The quantitative estimate of drug-likeness (QED) is 0.119. The first kappa shape index (κ1) is 32.4. The molecule has 15 atom stereocenters. The van der Waals surface area contributed by atoms with Crippen molar-refractivity contribution in [2.45, 2.75) is 98.0 Å². The fourth-order valence-electron chi connectivity index (χ4n) is 4.41. The third-order valence-electron chi connectivity index (χ3n) is 6.65. The first-order valence-electron chi connectivity index (χ1n) is 11.6. The molecule has 230 valence electrons. The zero-order valence-electron chi connectivity index (χ0n) is 20.1. The van der Waals surface area contributed by atoms with Crippen molar-refractivity contribution in [1.29, 1.82) is 0 Å². The number of aliphatic hydroxyl groups is 9. The number of aliphatic hydroxyl groups excluding tert-OH is 8. The van der Waals surface area contributed by atoms with Crippen molar-refractivity contribution in [1.82, 2.24) is 0 Å². The third-order valence-corrected chi connectivity index (χ3v) is 6.65. The molecule has 3 rings (SSSR count). The Hall–Kier alpha value is -2.15. The molecule has 0 bridgehead atoms. The predicted molar refractivity (Wildman–Crippen MR) is 114 cm³/mol. The average Bonchev–Trinajstić information content (AvgIpc) is 2.88. The molecule has 0 aromatic heterocycles. The first-order valence-corrected chi connectivity index (χ1v) is 11.6. The number of hydrogen-bond donors (Lipinski definition) is 12. The minimum absolute atomic E-state index is 1.12. The van der Waals surface area contributed by atoms with E-state index in [9.17, 15) is 75.7 Å². The Kier molecular flexibility index (Phi) is 10.0. The van der Waals surface area contributed by atoms with Gasteiger partial charge in [0, 0.05) is 6.42 Å². The molecule has 0 aliphatic carbocycles. The summed E-state index contributed by atoms with van der Waals surface area (Å²) in [5.74, 6) is -8.84. The van der Waals surface area contributed by atoms with Crippen molar-refractivity contribution < 1.29 is 99.3 Å². The summed E-state index contributed by atoms with van der Waals surface area (Å²) in [7, 11) is 0. The molecule has 15 unspecified atom stereocenters. The van der Waals surface area contributed by atoms with Crippen molar-refractivity contribution in [3.63, 3.8) is 0 Å². The molecule has 0 amide bonds. The van der Waals surface area contributed by atoms with E-state index in [1.807, 2.05) is 0 Å². The molecular weight excluding hydrogens is 560 g/mol. The standard InChI is InChI=1S/C20H30O20/c21-2-4(37-18-11(28)7(24)9(26)14(39-18)16(31)32)12-5(22)3(1-20(35,40-12)19(33)34)36-17-10(27)6(23)8(25)13(38-17)15(29)30/h3-14,17-18,21-28,35H,1-2H2,(H,29,30)(H,31,32)(H,33,34). The summed E-state index contributed by atoms with van der Waals surface area (Å²) >= 11 is 0. The summed E-state index contributed by atoms with van der Waals surface area (Å²) < 4.78 is 25.4. The van der Waals surface area contributed by atoms with E-state index in [2.05, 4.69) is 0 Å². The van der Waals surface area contributed by atoms with Crippen LogP contribution in [0.1, 0.15) is 6.42 Å². The monoisotopic (exact) mass is 590 g/mol. The fraction of sp³-hybridized carbons (Fsp3) is 0.850. The predicted octanol–water partition coefficient (Wildman–Crippen LogP) is -7.54. The number of carbonyl (C=O) groups is 3. The van der Waals surface area contributed by atoms with Crippen LogP contribution in [0, 0.1) is 0 Å². The summed E-state index contributed by atoms with van der Waals surface area (Å²) in [6.07, 6.45) is -30.6. The van der Waals surface area contributed by atoms with Gasteiger partial charge in [0.25, 0.3) is 5.79 Å². The average molecular weight is 590 g/mol. The molecule has 0 saturated carbocycles. The van der Waals surface area contributed by atoms with Gasteiger partial charge in [-0.15, -0.1) is 0 Å². The van der Waals surface area contributed by atoms with Crippen molar-refractivity contribution in [2.75, 3.05) is 6.61 Å². The van der Waals surface area contributed by atoms with Crippen LogP contribution in [0.5, 0.6) is 0 Å². The van der Waals surface area contributed by atoms with E-state index < -0.39 is 123 Å². The second kappa shape index (κ2) is 12.4. The Morgan fingerprint density at radius 3 is 1.68 bits per heavy atom. The van der Waals surface area contributed by atoms with Gasteiger partial charge in [-0.3, -0.25) is 0 Å². The summed E-state index contributed by atoms with van der Waals surface area (Å²) in [5, 5.41) is 119. The van der Waals surface area contributed by atoms with Gasteiger partial charge in [-0.05, 0) is 0 Å². The van der Waals surface area contributed by atoms with E-state index in [-0.39, 0.29) is 0 Å². The number of hydrogen-bond acceptors (Lipinski definition) is 17. The lowest BCUT2D eigenvalue weighted by Gasteiger charge is -2.47. The molecule has 3 fully saturated rings. The minimum atomic E-state index is -3.21. The van der Waals surface area contributed by atoms with Crippen LogP contribution in [0.3, 0.4) is 0 Å². The Balaban J connectivity index is 1.86. The second-order valence-electron chi connectivity index (χ2n) is 9.37. The summed E-state index contributed by atoms with van der Waals surface area (Å²) in [5.41, 5.74) is 0. The molecule has 0 radical (unpaired) electrons. The highest BCUT2D eigenvalue weighted by molar-refractivity contribution is 5.75. The maximum Gasteiger partial charge on any atom is 0.364 e. The minimum Gasteiger partial charge on any atom is -0.479 e. The van der Waals surface area contributed by atoms with Gasteiger partial charge in [-0.25, -0.2) is 14.4 Å². The van der Waals surface area contributed by atoms with Gasteiger partial charge in [0.1, 0.15) is 54.9 Å². The molecule has 0 aromatic rings. The highest BCUT2D eigenvalue weighted by atomic mass is 16.7. The van der Waals surface area contributed by atoms with Crippen LogP contribution in [-0.4, -0.2) is 177 Å². The van der Waals surface area contributed by atoms with E-state index in [0.29, 0.717) is 0 Å². The molecular formula is C20H30O20. The summed E-state index contributed by atoms with van der Waals surface area (Å²) in [6, 6.07) is 0. The van der Waals surface area contributed by atoms with E-state index >= 15 is 0 Å². The van der Waals surface area contributed by atoms with Crippen LogP contribution in [0.15, 0.2) is 0 Å². The Morgan fingerprint density at radius 2 is 1.23 bits per heavy atom. The van der Waals surface area contributed by atoms with E-state index in [4.69, 9.17) is 23.7 Å². The molecule has 20 nitrogen and oxygen atoms in total. The third kappa shape index (κ3) is 6.19. The van der Waals surface area contributed by atoms with Crippen LogP contribution in [0.2, 0.25) is 0 Å². The maximum atomic E-state index is 11.8. The largest absolute Gasteiger partial charge is 0.479 e. The summed E-state index contributed by atoms with van der Waals surface area (Å²) in [4.78, 5) is 34.5. The lowest BCUT2D eigenvalue weighted by Crippen LogP contribution is -2.66. The zero-order chi connectivity index (χ0) is 30.3. The highest BCUT2D eigenvalue weighted by Gasteiger charge is 2.57. The second-order valence-corrected chi connectivity index (χ2v) is 9.37. The molecule has 20 heteroatoms. The molecule has 0 spiro atoms. The van der Waals surface area contributed by atoms with Crippen LogP contribution >= 0.6 is 0 Å². The summed E-state index contributed by atoms with van der Waals surface area (Å²) in [6.45, 7) is -1.19. The molecule has 40 heavy (non-hydrogen) atoms. The number of rotatable bonds is 9. The van der Waals surface area contributed by atoms with E-state index in [1.165, 1.54) is 0 Å². The van der Waals surface area contributed by atoms with Crippen LogP contribution in [0.25, 0.3) is 0 Å². The van der Waals surface area contributed by atoms with Gasteiger partial charge >= 0.3 is 17.9 Å². The molecule has 12 N–H and O–H groups in total. The Labute approximate surface area is 222 Å². The lowest BCUT2D eigenvalue weighted by atomic mass is 9.91. The van der Waals surface area contributed by atoms with Crippen LogP contribution in [0.4, 0.5) is 0 Å². The molecule has 0 aromatic carbocycles. The smallest absolute Gasteiger partial charge is 0.364 e. The van der Waals surface area contributed by atoms with E-state index in [1.54, 1.807) is 0 Å². The Morgan fingerprint density at radius 1 is 0.750 bits per heavy atom. The van der Waals surface area contributed by atoms with Crippen molar-refractivity contribution >= 4 is 17.9 Å². The number of ether oxygens (including phenoxy) is 5. The molecule has 3 saturated heterocycles. The number of carboxylic acid groups (broad SMARTS) is 3. The molecule has 3 aliphatic rings. The lowest BCUT2D eigenvalue weighted by molar-refractivity contribution is -0.365. The normalized spacial score (nSPS) is 46.9. The van der Waals surface area contributed by atoms with Crippen molar-refractivity contribution in [3.8, 4) is 0 Å². The van der Waals surface area contributed by atoms with Crippen molar-refractivity contribution in [3.05, 3.63) is 0 Å². The van der Waals surface area contributed by atoms with Gasteiger partial charge in [-0.2, -0.15) is 0 Å². The highest BCUT2D eigenvalue weighted by Crippen LogP contribution is 2.35. The number of aliphatic carboxylic acids is 3. The number of carboxylic acids is 3. The fourth-order valence-corrected chi connectivity index (χ4v) is 4.41. The van der Waals surface area contributed by atoms with Crippen molar-refractivity contribution in [2.24, 2.45) is 0 Å². The maximum absolute atomic E-state index is 11.8. The zero-order valence-corrected chi connectivity index (χ0v) is 20.1. The topological polar surface area (TPSA) is 340 Å². The van der Waals surface area contributed by atoms with Gasteiger partial charge < -0.3 is 85.0 Å². The van der Waals surface area contributed by atoms with Crippen LogP contribution in [-0.2, 0) is 38.1 Å². The van der Waals surface area contributed by atoms with Gasteiger partial charge in [0.15, 0.2) is 24.8 Å². The Bertz CT molecular complexity index is 932. The SMILES string of the molecule is O=C(O)C1OC(OC2CC(O)(C(=O)O)OC(C(CO)OC3OC(C(=O)O)C(O)C(O)C3O)C2O)C(O)C(O)C1O. The van der Waals surface area contributed by atoms with Gasteiger partial charge in [0.05, 0.1) is 12.7 Å².